The SMILES string of the molecule is COCCCNC(=O)c1ccc(NC(=O)COc2c(Cl)cc(Cl)cc2Br)cc1. The number of anilines is 1. The molecular weight excluding hydrogens is 471 g/mol. The first-order valence-corrected chi connectivity index (χ1v) is 9.90. The fourth-order valence-corrected chi connectivity index (χ4v) is 3.60. The van der Waals surface area contributed by atoms with E-state index in [1.165, 1.54) is 6.07 Å². The van der Waals surface area contributed by atoms with Crippen LogP contribution < -0.4 is 15.4 Å². The molecule has 2 rings (SSSR count). The molecule has 9 heteroatoms. The predicted octanol–water partition coefficient (Wildman–Crippen LogP) is 4.54. The number of nitrogens with one attached hydrogen (secondary N) is 2. The lowest BCUT2D eigenvalue weighted by atomic mass is 10.2. The van der Waals surface area contributed by atoms with E-state index in [1.807, 2.05) is 0 Å². The molecule has 0 aromatic heterocycles. The zero-order chi connectivity index (χ0) is 20.5. The van der Waals surface area contributed by atoms with Crippen LogP contribution >= 0.6 is 39.1 Å². The largest absolute Gasteiger partial charge is 0.481 e. The van der Waals surface area contributed by atoms with Crippen molar-refractivity contribution in [3.05, 3.63) is 56.5 Å². The summed E-state index contributed by atoms with van der Waals surface area (Å²) in [6.07, 6.45) is 0.740. The molecule has 0 heterocycles. The van der Waals surface area contributed by atoms with Gasteiger partial charge in [-0.25, -0.2) is 0 Å². The van der Waals surface area contributed by atoms with E-state index in [9.17, 15) is 9.59 Å². The Kier molecular flexibility index (Phi) is 9.05. The first-order valence-electron chi connectivity index (χ1n) is 8.35. The Balaban J connectivity index is 1.85. The number of hydrogen-bond acceptors (Lipinski definition) is 4. The van der Waals surface area contributed by atoms with Crippen LogP contribution in [0.2, 0.25) is 10.0 Å². The molecule has 0 bridgehead atoms. The summed E-state index contributed by atoms with van der Waals surface area (Å²) in [6, 6.07) is 9.71. The van der Waals surface area contributed by atoms with Crippen molar-refractivity contribution in [2.45, 2.75) is 6.42 Å². The average Bonchev–Trinajstić information content (AvgIpc) is 2.64. The topological polar surface area (TPSA) is 76.7 Å². The minimum atomic E-state index is -0.366. The van der Waals surface area contributed by atoms with E-state index >= 15 is 0 Å². The second kappa shape index (κ2) is 11.3. The van der Waals surface area contributed by atoms with E-state index in [4.69, 9.17) is 32.7 Å². The Hall–Kier alpha value is -1.80. The normalized spacial score (nSPS) is 10.4. The van der Waals surface area contributed by atoms with Crippen LogP contribution in [0.3, 0.4) is 0 Å². The standard InChI is InChI=1S/C19H19BrCl2N2O4/c1-27-8-2-7-23-19(26)12-3-5-14(6-4-12)24-17(25)11-28-18-15(20)9-13(21)10-16(18)22/h3-6,9-10H,2,7-8,11H2,1H3,(H,23,26)(H,24,25). The lowest BCUT2D eigenvalue weighted by Crippen LogP contribution is -2.25. The summed E-state index contributed by atoms with van der Waals surface area (Å²) >= 11 is 15.2. The minimum Gasteiger partial charge on any atom is -0.481 e. The van der Waals surface area contributed by atoms with Gasteiger partial charge in [0, 0.05) is 36.5 Å². The van der Waals surface area contributed by atoms with Crippen molar-refractivity contribution in [1.29, 1.82) is 0 Å². The first-order chi connectivity index (χ1) is 13.4. The van der Waals surface area contributed by atoms with Crippen LogP contribution in [0.4, 0.5) is 5.69 Å². The lowest BCUT2D eigenvalue weighted by Gasteiger charge is -2.11. The maximum Gasteiger partial charge on any atom is 0.262 e. The third-order valence-electron chi connectivity index (χ3n) is 3.55. The molecule has 6 nitrogen and oxygen atoms in total. The Bertz CT molecular complexity index is 808. The number of halogens is 3. The lowest BCUT2D eigenvalue weighted by molar-refractivity contribution is -0.118. The van der Waals surface area contributed by atoms with Crippen LogP contribution in [-0.4, -0.2) is 38.7 Å². The maximum atomic E-state index is 12.1. The predicted molar refractivity (Wildman–Crippen MR) is 114 cm³/mol. The van der Waals surface area contributed by atoms with Crippen molar-refractivity contribution in [3.63, 3.8) is 0 Å². The van der Waals surface area contributed by atoms with Crippen molar-refractivity contribution in [2.24, 2.45) is 0 Å². The number of methoxy groups -OCH3 is 1. The van der Waals surface area contributed by atoms with E-state index in [2.05, 4.69) is 26.6 Å². The zero-order valence-electron chi connectivity index (χ0n) is 15.1. The summed E-state index contributed by atoms with van der Waals surface area (Å²) in [5.74, 6) is -0.212. The Labute approximate surface area is 181 Å². The van der Waals surface area contributed by atoms with Crippen LogP contribution in [0.5, 0.6) is 5.75 Å². The van der Waals surface area contributed by atoms with Gasteiger partial charge in [0.25, 0.3) is 11.8 Å². The minimum absolute atomic E-state index is 0.181. The Morgan fingerprint density at radius 2 is 1.86 bits per heavy atom. The van der Waals surface area contributed by atoms with Gasteiger partial charge in [0.2, 0.25) is 0 Å². The summed E-state index contributed by atoms with van der Waals surface area (Å²) in [6.45, 7) is 0.887. The third-order valence-corrected chi connectivity index (χ3v) is 4.64. The summed E-state index contributed by atoms with van der Waals surface area (Å²) in [4.78, 5) is 24.1. The van der Waals surface area contributed by atoms with Crippen LogP contribution in [0.1, 0.15) is 16.8 Å². The highest BCUT2D eigenvalue weighted by molar-refractivity contribution is 9.10. The van der Waals surface area contributed by atoms with Crippen LogP contribution in [-0.2, 0) is 9.53 Å². The molecule has 0 fully saturated rings. The van der Waals surface area contributed by atoms with Gasteiger partial charge < -0.3 is 20.1 Å². The first kappa shape index (κ1) is 22.5. The highest BCUT2D eigenvalue weighted by Crippen LogP contribution is 2.35. The molecule has 0 aliphatic rings. The van der Waals surface area contributed by atoms with Crippen molar-refractivity contribution in [3.8, 4) is 5.75 Å². The molecule has 150 valence electrons. The van der Waals surface area contributed by atoms with E-state index < -0.39 is 0 Å². The summed E-state index contributed by atoms with van der Waals surface area (Å²) in [7, 11) is 1.61. The van der Waals surface area contributed by atoms with Crippen molar-refractivity contribution >= 4 is 56.6 Å². The van der Waals surface area contributed by atoms with E-state index in [1.54, 1.807) is 37.4 Å². The molecule has 2 N–H and O–H groups in total. The Morgan fingerprint density at radius 3 is 2.50 bits per heavy atom. The zero-order valence-corrected chi connectivity index (χ0v) is 18.2. The molecule has 0 spiro atoms. The molecular formula is C19H19BrCl2N2O4. The van der Waals surface area contributed by atoms with Gasteiger partial charge >= 0.3 is 0 Å². The summed E-state index contributed by atoms with van der Waals surface area (Å²) in [5.41, 5.74) is 1.05. The van der Waals surface area contributed by atoms with Gasteiger partial charge in [-0.05, 0) is 58.7 Å². The molecule has 0 radical (unpaired) electrons. The summed E-state index contributed by atoms with van der Waals surface area (Å²) < 4.78 is 10.9. The van der Waals surface area contributed by atoms with Gasteiger partial charge in [-0.15, -0.1) is 0 Å². The molecule has 0 aliphatic carbocycles. The van der Waals surface area contributed by atoms with Crippen molar-refractivity contribution in [1.82, 2.24) is 5.32 Å². The second-order valence-electron chi connectivity index (χ2n) is 5.72. The van der Waals surface area contributed by atoms with Gasteiger partial charge in [0.05, 0.1) is 9.50 Å². The molecule has 0 saturated carbocycles. The van der Waals surface area contributed by atoms with E-state index in [0.29, 0.717) is 44.7 Å². The van der Waals surface area contributed by atoms with Crippen LogP contribution in [0.15, 0.2) is 40.9 Å². The number of hydrogen-bond donors (Lipinski definition) is 2. The van der Waals surface area contributed by atoms with Gasteiger partial charge in [0.15, 0.2) is 12.4 Å². The highest BCUT2D eigenvalue weighted by atomic mass is 79.9. The van der Waals surface area contributed by atoms with E-state index in [-0.39, 0.29) is 18.4 Å². The molecule has 2 aromatic carbocycles. The van der Waals surface area contributed by atoms with Crippen molar-refractivity contribution < 1.29 is 19.1 Å². The number of amides is 2. The van der Waals surface area contributed by atoms with Crippen molar-refractivity contribution in [2.75, 3.05) is 32.2 Å². The molecule has 0 saturated heterocycles. The maximum absolute atomic E-state index is 12.1. The quantitative estimate of drug-likeness (QED) is 0.507. The number of rotatable bonds is 9. The fourth-order valence-electron chi connectivity index (χ4n) is 2.23. The van der Waals surface area contributed by atoms with Crippen LogP contribution in [0, 0.1) is 0 Å². The molecule has 0 aliphatic heterocycles. The number of ether oxygens (including phenoxy) is 2. The molecule has 2 aromatic rings. The van der Waals surface area contributed by atoms with Gasteiger partial charge in [-0.2, -0.15) is 0 Å². The second-order valence-corrected chi connectivity index (χ2v) is 7.41. The number of carbonyl (C=O) groups is 2. The van der Waals surface area contributed by atoms with Crippen LogP contribution in [0.25, 0.3) is 0 Å². The van der Waals surface area contributed by atoms with Gasteiger partial charge in [0.1, 0.15) is 0 Å². The van der Waals surface area contributed by atoms with Gasteiger partial charge in [-0.1, -0.05) is 23.2 Å². The monoisotopic (exact) mass is 488 g/mol. The van der Waals surface area contributed by atoms with Gasteiger partial charge in [-0.3, -0.25) is 9.59 Å². The molecule has 2 amide bonds. The molecule has 0 unspecified atom stereocenters. The Morgan fingerprint density at radius 1 is 1.14 bits per heavy atom. The number of benzene rings is 2. The number of carbonyl (C=O) groups excluding carboxylic acids is 2. The average molecular weight is 490 g/mol. The molecule has 0 atom stereocenters. The third kappa shape index (κ3) is 6.98. The highest BCUT2D eigenvalue weighted by Gasteiger charge is 2.12. The fraction of sp³-hybridized carbons (Fsp3) is 0.263. The van der Waals surface area contributed by atoms with E-state index in [0.717, 1.165) is 6.42 Å². The summed E-state index contributed by atoms with van der Waals surface area (Å²) in [5, 5.41) is 6.24. The molecule has 28 heavy (non-hydrogen) atoms. The smallest absolute Gasteiger partial charge is 0.262 e.